The quantitative estimate of drug-likeness (QED) is 0.839. The van der Waals surface area contributed by atoms with E-state index in [0.717, 1.165) is 19.6 Å². The van der Waals surface area contributed by atoms with Crippen molar-refractivity contribution in [1.29, 1.82) is 0 Å². The van der Waals surface area contributed by atoms with Crippen molar-refractivity contribution in [2.24, 2.45) is 0 Å². The van der Waals surface area contributed by atoms with Gasteiger partial charge >= 0.3 is 0 Å². The summed E-state index contributed by atoms with van der Waals surface area (Å²) in [4.78, 5) is 16.6. The van der Waals surface area contributed by atoms with Gasteiger partial charge in [0.1, 0.15) is 11.6 Å². The third kappa shape index (κ3) is 4.11. The van der Waals surface area contributed by atoms with E-state index < -0.39 is 0 Å². The van der Waals surface area contributed by atoms with Gasteiger partial charge in [0.2, 0.25) is 0 Å². The average Bonchev–Trinajstić information content (AvgIpc) is 2.37. The molecule has 1 unspecified atom stereocenters. The fraction of sp³-hybridized carbons (Fsp3) is 0.533. The molecule has 1 aromatic carbocycles. The lowest BCUT2D eigenvalue weighted by Gasteiger charge is -2.37. The molecular formula is C15H20BrFN2O. The molecule has 1 fully saturated rings. The number of carbonyl (C=O) groups is 1. The number of carbonyl (C=O) groups excluding carboxylic acids is 1. The van der Waals surface area contributed by atoms with Crippen molar-refractivity contribution >= 4 is 21.7 Å². The number of Topliss-reactive ketones (excluding diaryl/α,β-unsaturated/α-hetero) is 1. The van der Waals surface area contributed by atoms with Gasteiger partial charge in [-0.15, -0.1) is 0 Å². The standard InChI is InChI=1S/C15H20BrFN2O/c1-18-5-6-19(2)13(10-18)9-14(20)7-11-3-4-12(16)8-15(11)17/h3-4,8,13H,5-7,9-10H2,1-2H3. The highest BCUT2D eigenvalue weighted by atomic mass is 79.9. The first-order chi connectivity index (χ1) is 9.45. The molecule has 2 rings (SSSR count). The zero-order chi connectivity index (χ0) is 14.7. The Balaban J connectivity index is 1.94. The van der Waals surface area contributed by atoms with Crippen LogP contribution in [0.25, 0.3) is 0 Å². The first-order valence-corrected chi connectivity index (χ1v) is 7.59. The molecule has 3 nitrogen and oxygen atoms in total. The van der Waals surface area contributed by atoms with Crippen LogP contribution in [0.15, 0.2) is 22.7 Å². The number of hydrogen-bond donors (Lipinski definition) is 0. The summed E-state index contributed by atoms with van der Waals surface area (Å²) >= 11 is 3.22. The molecule has 0 aliphatic carbocycles. The van der Waals surface area contributed by atoms with Crippen LogP contribution in [0, 0.1) is 5.82 Å². The molecule has 20 heavy (non-hydrogen) atoms. The van der Waals surface area contributed by atoms with E-state index in [1.165, 1.54) is 6.07 Å². The van der Waals surface area contributed by atoms with Crippen molar-refractivity contribution in [2.75, 3.05) is 33.7 Å². The summed E-state index contributed by atoms with van der Waals surface area (Å²) in [5.74, 6) is -0.222. The molecule has 1 aromatic rings. The van der Waals surface area contributed by atoms with Gasteiger partial charge in [0.05, 0.1) is 0 Å². The minimum atomic E-state index is -0.318. The van der Waals surface area contributed by atoms with Gasteiger partial charge in [0, 0.05) is 43.0 Å². The summed E-state index contributed by atoms with van der Waals surface area (Å²) < 4.78 is 14.4. The van der Waals surface area contributed by atoms with Gasteiger partial charge in [-0.05, 0) is 31.8 Å². The van der Waals surface area contributed by atoms with Crippen LogP contribution in [0.2, 0.25) is 0 Å². The van der Waals surface area contributed by atoms with E-state index >= 15 is 0 Å². The second-order valence-corrected chi connectivity index (χ2v) is 6.47. The Bertz CT molecular complexity index is 495. The molecule has 0 spiro atoms. The molecule has 1 heterocycles. The molecule has 1 atom stereocenters. The predicted octanol–water partition coefficient (Wildman–Crippen LogP) is 2.34. The summed E-state index contributed by atoms with van der Waals surface area (Å²) in [6.45, 7) is 2.90. The Kier molecular flexibility index (Phi) is 5.29. The van der Waals surface area contributed by atoms with Crippen molar-refractivity contribution in [3.05, 3.63) is 34.1 Å². The van der Waals surface area contributed by atoms with Crippen molar-refractivity contribution < 1.29 is 9.18 Å². The predicted molar refractivity (Wildman–Crippen MR) is 81.3 cm³/mol. The molecule has 1 aliphatic heterocycles. The van der Waals surface area contributed by atoms with Crippen LogP contribution in [-0.4, -0.2) is 55.4 Å². The molecule has 0 radical (unpaired) electrons. The van der Waals surface area contributed by atoms with E-state index in [2.05, 4.69) is 32.8 Å². The number of piperazine rings is 1. The monoisotopic (exact) mass is 342 g/mol. The first kappa shape index (κ1) is 15.6. The first-order valence-electron chi connectivity index (χ1n) is 6.80. The molecule has 0 saturated carbocycles. The van der Waals surface area contributed by atoms with E-state index in [1.54, 1.807) is 12.1 Å². The van der Waals surface area contributed by atoms with Crippen LogP contribution in [0.5, 0.6) is 0 Å². The summed E-state index contributed by atoms with van der Waals surface area (Å²) in [7, 11) is 4.12. The highest BCUT2D eigenvalue weighted by Crippen LogP contribution is 2.17. The normalized spacial score (nSPS) is 21.1. The Morgan fingerprint density at radius 3 is 2.85 bits per heavy atom. The molecule has 0 N–H and O–H groups in total. The summed E-state index contributed by atoms with van der Waals surface area (Å²) in [6, 6.07) is 5.09. The van der Waals surface area contributed by atoms with Crippen LogP contribution in [0.4, 0.5) is 4.39 Å². The van der Waals surface area contributed by atoms with Gasteiger partial charge in [-0.2, -0.15) is 0 Å². The maximum atomic E-state index is 13.7. The van der Waals surface area contributed by atoms with Crippen LogP contribution < -0.4 is 0 Å². The SMILES string of the molecule is CN1CCN(C)C(CC(=O)Cc2ccc(Br)cc2F)C1. The van der Waals surface area contributed by atoms with Crippen molar-refractivity contribution in [3.8, 4) is 0 Å². The summed E-state index contributed by atoms with van der Waals surface area (Å²) in [6.07, 6.45) is 0.656. The van der Waals surface area contributed by atoms with Crippen molar-refractivity contribution in [2.45, 2.75) is 18.9 Å². The fourth-order valence-electron chi connectivity index (χ4n) is 2.53. The van der Waals surface area contributed by atoms with E-state index in [1.807, 2.05) is 7.05 Å². The molecule has 1 saturated heterocycles. The smallest absolute Gasteiger partial charge is 0.138 e. The topological polar surface area (TPSA) is 23.6 Å². The Morgan fingerprint density at radius 2 is 2.15 bits per heavy atom. The minimum absolute atomic E-state index is 0.0957. The highest BCUT2D eigenvalue weighted by molar-refractivity contribution is 9.10. The maximum absolute atomic E-state index is 13.7. The fourth-order valence-corrected chi connectivity index (χ4v) is 2.87. The molecule has 5 heteroatoms. The number of halogens is 2. The number of hydrogen-bond acceptors (Lipinski definition) is 3. The number of rotatable bonds is 4. The molecule has 0 bridgehead atoms. The van der Waals surface area contributed by atoms with Crippen LogP contribution >= 0.6 is 15.9 Å². The zero-order valence-corrected chi connectivity index (χ0v) is 13.5. The number of ketones is 1. The summed E-state index contributed by atoms with van der Waals surface area (Å²) in [5, 5.41) is 0. The minimum Gasteiger partial charge on any atom is -0.304 e. The highest BCUT2D eigenvalue weighted by Gasteiger charge is 2.24. The van der Waals surface area contributed by atoms with Crippen molar-refractivity contribution in [1.82, 2.24) is 9.80 Å². The molecule has 0 aromatic heterocycles. The molecule has 110 valence electrons. The lowest BCUT2D eigenvalue weighted by molar-refractivity contribution is -0.120. The van der Waals surface area contributed by atoms with Gasteiger partial charge < -0.3 is 9.80 Å². The van der Waals surface area contributed by atoms with E-state index in [0.29, 0.717) is 16.5 Å². The number of benzene rings is 1. The Morgan fingerprint density at radius 1 is 1.40 bits per heavy atom. The van der Waals surface area contributed by atoms with E-state index in [-0.39, 0.29) is 24.1 Å². The third-order valence-electron chi connectivity index (χ3n) is 3.85. The summed E-state index contributed by atoms with van der Waals surface area (Å²) in [5.41, 5.74) is 0.477. The number of likely N-dealkylation sites (N-methyl/N-ethyl adjacent to an activating group) is 2. The van der Waals surface area contributed by atoms with Crippen LogP contribution in [-0.2, 0) is 11.2 Å². The van der Waals surface area contributed by atoms with Crippen LogP contribution in [0.1, 0.15) is 12.0 Å². The zero-order valence-electron chi connectivity index (χ0n) is 11.9. The van der Waals surface area contributed by atoms with Crippen molar-refractivity contribution in [3.63, 3.8) is 0 Å². The van der Waals surface area contributed by atoms with Gasteiger partial charge in [0.25, 0.3) is 0 Å². The maximum Gasteiger partial charge on any atom is 0.138 e. The van der Waals surface area contributed by atoms with Gasteiger partial charge in [-0.3, -0.25) is 4.79 Å². The lowest BCUT2D eigenvalue weighted by atomic mass is 10.0. The molecule has 0 amide bonds. The molecular weight excluding hydrogens is 323 g/mol. The van der Waals surface area contributed by atoms with Gasteiger partial charge in [-0.1, -0.05) is 22.0 Å². The van der Waals surface area contributed by atoms with E-state index in [4.69, 9.17) is 0 Å². The third-order valence-corrected chi connectivity index (χ3v) is 4.34. The van der Waals surface area contributed by atoms with Crippen LogP contribution in [0.3, 0.4) is 0 Å². The average molecular weight is 343 g/mol. The Hall–Kier alpha value is -0.780. The second-order valence-electron chi connectivity index (χ2n) is 5.55. The molecule has 1 aliphatic rings. The largest absolute Gasteiger partial charge is 0.304 e. The van der Waals surface area contributed by atoms with Gasteiger partial charge in [-0.25, -0.2) is 4.39 Å². The Labute approximate surface area is 127 Å². The lowest BCUT2D eigenvalue weighted by Crippen LogP contribution is -2.50. The second kappa shape index (κ2) is 6.78. The van der Waals surface area contributed by atoms with Gasteiger partial charge in [0.15, 0.2) is 0 Å². The number of nitrogens with zero attached hydrogens (tertiary/aromatic N) is 2. The van der Waals surface area contributed by atoms with E-state index in [9.17, 15) is 9.18 Å².